The minimum Gasteiger partial charge on any atom is -0.374 e. The largest absolute Gasteiger partial charge is 0.374 e. The third-order valence-corrected chi connectivity index (χ3v) is 5.25. The number of ether oxygens (including phenoxy) is 1. The van der Waals surface area contributed by atoms with Gasteiger partial charge in [0, 0.05) is 12.0 Å². The number of hydrogen-bond donors (Lipinski definition) is 0. The number of benzene rings is 2. The lowest BCUT2D eigenvalue weighted by Crippen LogP contribution is -2.23. The molecule has 2 heteroatoms. The Morgan fingerprint density at radius 3 is 2.04 bits per heavy atom. The molecule has 0 radical (unpaired) electrons. The lowest BCUT2D eigenvalue weighted by molar-refractivity contribution is 0.00660. The average Bonchev–Trinajstić information content (AvgIpc) is 2.63. The van der Waals surface area contributed by atoms with Crippen molar-refractivity contribution in [2.45, 2.75) is 58.7 Å². The highest BCUT2D eigenvalue weighted by Gasteiger charge is 2.24. The SMILES string of the molecule is Cc1ccc(COC2CCC(CC(=O)c3ccc(C)cc3)CC2)cc1. The summed E-state index contributed by atoms with van der Waals surface area (Å²) in [6.07, 6.45) is 5.34. The Morgan fingerprint density at radius 1 is 0.880 bits per heavy atom. The molecule has 0 N–H and O–H groups in total. The maximum Gasteiger partial charge on any atom is 0.163 e. The summed E-state index contributed by atoms with van der Waals surface area (Å²) in [7, 11) is 0. The molecule has 0 heterocycles. The van der Waals surface area contributed by atoms with Gasteiger partial charge in [-0.1, -0.05) is 59.7 Å². The van der Waals surface area contributed by atoms with Gasteiger partial charge in [-0.15, -0.1) is 0 Å². The van der Waals surface area contributed by atoms with Gasteiger partial charge in [-0.05, 0) is 51.0 Å². The van der Waals surface area contributed by atoms with E-state index in [9.17, 15) is 4.79 Å². The summed E-state index contributed by atoms with van der Waals surface area (Å²) in [6.45, 7) is 4.84. The minimum atomic E-state index is 0.282. The Labute approximate surface area is 151 Å². The van der Waals surface area contributed by atoms with Gasteiger partial charge in [0.05, 0.1) is 12.7 Å². The predicted octanol–water partition coefficient (Wildman–Crippen LogP) is 5.65. The molecule has 1 fully saturated rings. The van der Waals surface area contributed by atoms with Crippen molar-refractivity contribution in [1.29, 1.82) is 0 Å². The quantitative estimate of drug-likeness (QED) is 0.637. The normalized spacial score (nSPS) is 20.4. The monoisotopic (exact) mass is 336 g/mol. The molecule has 1 aliphatic rings. The van der Waals surface area contributed by atoms with Crippen LogP contribution in [-0.4, -0.2) is 11.9 Å². The zero-order chi connectivity index (χ0) is 17.6. The van der Waals surface area contributed by atoms with Crippen molar-refractivity contribution in [2.75, 3.05) is 0 Å². The van der Waals surface area contributed by atoms with Crippen LogP contribution in [0.2, 0.25) is 0 Å². The summed E-state index contributed by atoms with van der Waals surface area (Å²) < 4.78 is 6.08. The molecule has 0 bridgehead atoms. The Kier molecular flexibility index (Phi) is 6.04. The molecule has 0 amide bonds. The number of carbonyl (C=O) groups excluding carboxylic acids is 1. The van der Waals surface area contributed by atoms with Gasteiger partial charge in [0.1, 0.15) is 0 Å². The minimum absolute atomic E-state index is 0.282. The van der Waals surface area contributed by atoms with Crippen molar-refractivity contribution >= 4 is 5.78 Å². The molecule has 3 rings (SSSR count). The number of ketones is 1. The van der Waals surface area contributed by atoms with Crippen LogP contribution in [-0.2, 0) is 11.3 Å². The molecule has 2 aromatic carbocycles. The fourth-order valence-electron chi connectivity index (χ4n) is 3.52. The van der Waals surface area contributed by atoms with E-state index in [4.69, 9.17) is 4.74 Å². The van der Waals surface area contributed by atoms with Crippen LogP contribution in [0.1, 0.15) is 59.2 Å². The molecule has 0 unspecified atom stereocenters. The van der Waals surface area contributed by atoms with Crippen LogP contribution in [0.3, 0.4) is 0 Å². The van der Waals surface area contributed by atoms with Crippen molar-refractivity contribution in [3.63, 3.8) is 0 Å². The van der Waals surface area contributed by atoms with E-state index in [1.165, 1.54) is 16.7 Å². The second-order valence-electron chi connectivity index (χ2n) is 7.43. The molecule has 25 heavy (non-hydrogen) atoms. The van der Waals surface area contributed by atoms with E-state index in [0.29, 0.717) is 25.0 Å². The third kappa shape index (κ3) is 5.27. The lowest BCUT2D eigenvalue weighted by Gasteiger charge is -2.28. The van der Waals surface area contributed by atoms with Gasteiger partial charge in [0.2, 0.25) is 0 Å². The van der Waals surface area contributed by atoms with Gasteiger partial charge >= 0.3 is 0 Å². The summed E-state index contributed by atoms with van der Waals surface area (Å²) in [6, 6.07) is 16.5. The summed E-state index contributed by atoms with van der Waals surface area (Å²) in [5.41, 5.74) is 4.57. The molecule has 0 saturated heterocycles. The van der Waals surface area contributed by atoms with Gasteiger partial charge < -0.3 is 4.74 Å². The van der Waals surface area contributed by atoms with Gasteiger partial charge in [-0.3, -0.25) is 4.79 Å². The van der Waals surface area contributed by atoms with E-state index in [2.05, 4.69) is 31.2 Å². The maximum atomic E-state index is 12.4. The molecular formula is C23H28O2. The van der Waals surface area contributed by atoms with Crippen molar-refractivity contribution in [3.8, 4) is 0 Å². The number of rotatable bonds is 6. The van der Waals surface area contributed by atoms with Crippen molar-refractivity contribution in [2.24, 2.45) is 5.92 Å². The first kappa shape index (κ1) is 17.9. The van der Waals surface area contributed by atoms with Crippen molar-refractivity contribution in [3.05, 3.63) is 70.8 Å². The molecule has 1 aliphatic carbocycles. The highest BCUT2D eigenvalue weighted by molar-refractivity contribution is 5.96. The molecule has 132 valence electrons. The topological polar surface area (TPSA) is 26.3 Å². The molecule has 0 aromatic heterocycles. The molecule has 2 aromatic rings. The second kappa shape index (κ2) is 8.44. The van der Waals surface area contributed by atoms with Gasteiger partial charge in [-0.2, -0.15) is 0 Å². The standard InChI is InChI=1S/C23H28O2/c1-17-3-7-20(8-4-17)16-25-22-13-9-19(10-14-22)15-23(24)21-11-5-18(2)6-12-21/h3-8,11-12,19,22H,9-10,13-16H2,1-2H3. The first-order chi connectivity index (χ1) is 12.1. The van der Waals surface area contributed by atoms with Gasteiger partial charge in [0.15, 0.2) is 5.78 Å². The lowest BCUT2D eigenvalue weighted by atomic mass is 9.83. The first-order valence-corrected chi connectivity index (χ1v) is 9.37. The van der Waals surface area contributed by atoms with Crippen LogP contribution >= 0.6 is 0 Å². The van der Waals surface area contributed by atoms with E-state index < -0.39 is 0 Å². The molecule has 0 aliphatic heterocycles. The predicted molar refractivity (Wildman–Crippen MR) is 102 cm³/mol. The smallest absolute Gasteiger partial charge is 0.163 e. The summed E-state index contributed by atoms with van der Waals surface area (Å²) >= 11 is 0. The third-order valence-electron chi connectivity index (χ3n) is 5.25. The Hall–Kier alpha value is -1.93. The van der Waals surface area contributed by atoms with E-state index in [1.54, 1.807) is 0 Å². The van der Waals surface area contributed by atoms with Crippen LogP contribution in [0, 0.1) is 19.8 Å². The fourth-order valence-corrected chi connectivity index (χ4v) is 3.52. The van der Waals surface area contributed by atoms with Crippen LogP contribution < -0.4 is 0 Å². The summed E-state index contributed by atoms with van der Waals surface area (Å²) in [4.78, 5) is 12.4. The Morgan fingerprint density at radius 2 is 1.44 bits per heavy atom. The summed E-state index contributed by atoms with van der Waals surface area (Å²) in [5.74, 6) is 0.789. The zero-order valence-corrected chi connectivity index (χ0v) is 15.3. The van der Waals surface area contributed by atoms with E-state index in [-0.39, 0.29) is 5.78 Å². The zero-order valence-electron chi connectivity index (χ0n) is 15.3. The molecule has 2 nitrogen and oxygen atoms in total. The number of Topliss-reactive ketones (excluding diaryl/α,β-unsaturated/α-hetero) is 1. The Balaban J connectivity index is 1.41. The fraction of sp³-hybridized carbons (Fsp3) is 0.435. The number of carbonyl (C=O) groups is 1. The summed E-state index contributed by atoms with van der Waals surface area (Å²) in [5, 5.41) is 0. The van der Waals surface area contributed by atoms with Crippen molar-refractivity contribution < 1.29 is 9.53 Å². The average molecular weight is 336 g/mol. The van der Waals surface area contributed by atoms with E-state index in [1.807, 2.05) is 31.2 Å². The first-order valence-electron chi connectivity index (χ1n) is 9.37. The highest BCUT2D eigenvalue weighted by atomic mass is 16.5. The van der Waals surface area contributed by atoms with Crippen LogP contribution in [0.5, 0.6) is 0 Å². The molecule has 0 atom stereocenters. The Bertz CT molecular complexity index is 677. The van der Waals surface area contributed by atoms with Crippen LogP contribution in [0.15, 0.2) is 48.5 Å². The molecule has 0 spiro atoms. The van der Waals surface area contributed by atoms with E-state index in [0.717, 1.165) is 31.2 Å². The van der Waals surface area contributed by atoms with Crippen LogP contribution in [0.4, 0.5) is 0 Å². The van der Waals surface area contributed by atoms with Gasteiger partial charge in [0.25, 0.3) is 0 Å². The van der Waals surface area contributed by atoms with Gasteiger partial charge in [-0.25, -0.2) is 0 Å². The molecular weight excluding hydrogens is 308 g/mol. The number of hydrogen-bond acceptors (Lipinski definition) is 2. The van der Waals surface area contributed by atoms with E-state index >= 15 is 0 Å². The maximum absolute atomic E-state index is 12.4. The second-order valence-corrected chi connectivity index (χ2v) is 7.43. The molecule has 1 saturated carbocycles. The highest BCUT2D eigenvalue weighted by Crippen LogP contribution is 2.30. The number of aryl methyl sites for hydroxylation is 2. The van der Waals surface area contributed by atoms with Crippen LogP contribution in [0.25, 0.3) is 0 Å². The van der Waals surface area contributed by atoms with Crippen molar-refractivity contribution in [1.82, 2.24) is 0 Å².